The Morgan fingerprint density at radius 3 is 2.81 bits per heavy atom. The van der Waals surface area contributed by atoms with E-state index in [4.69, 9.17) is 11.6 Å². The molecule has 1 saturated carbocycles. The molecule has 0 aromatic heterocycles. The molecule has 16 heavy (non-hydrogen) atoms. The van der Waals surface area contributed by atoms with Crippen LogP contribution in [0, 0.1) is 0 Å². The molecule has 1 aromatic rings. The summed E-state index contributed by atoms with van der Waals surface area (Å²) in [5.74, 6) is 0. The topological polar surface area (TPSA) is 49.7 Å². The van der Waals surface area contributed by atoms with E-state index in [1.165, 1.54) is 12.4 Å². The average Bonchev–Trinajstić information content (AvgIpc) is 3.01. The van der Waals surface area contributed by atoms with Gasteiger partial charge in [0.05, 0.1) is 5.69 Å². The maximum Gasteiger partial charge on any atom is 0.285 e. The Kier molecular flexibility index (Phi) is 2.03. The van der Waals surface area contributed by atoms with Gasteiger partial charge in [-0.15, -0.1) is 4.40 Å². The SMILES string of the molecule is O=S1(=O)N=CN(C2CC2)c2cc(Cl)ccc21. The second-order valence-electron chi connectivity index (χ2n) is 3.95. The molecule has 1 heterocycles. The van der Waals surface area contributed by atoms with Gasteiger partial charge >= 0.3 is 0 Å². The van der Waals surface area contributed by atoms with Crippen molar-refractivity contribution in [2.75, 3.05) is 4.90 Å². The normalized spacial score (nSPS) is 21.9. The van der Waals surface area contributed by atoms with Crippen molar-refractivity contribution < 1.29 is 8.42 Å². The summed E-state index contributed by atoms with van der Waals surface area (Å²) in [5, 5.41) is 0.537. The maximum absolute atomic E-state index is 11.7. The van der Waals surface area contributed by atoms with E-state index in [1.54, 1.807) is 12.1 Å². The largest absolute Gasteiger partial charge is 0.327 e. The Bertz CT molecular complexity index is 578. The van der Waals surface area contributed by atoms with Crippen molar-refractivity contribution in [3.8, 4) is 0 Å². The van der Waals surface area contributed by atoms with Gasteiger partial charge < -0.3 is 4.90 Å². The van der Waals surface area contributed by atoms with Crippen LogP contribution in [0.1, 0.15) is 12.8 Å². The van der Waals surface area contributed by atoms with Crippen molar-refractivity contribution in [1.82, 2.24) is 0 Å². The minimum Gasteiger partial charge on any atom is -0.327 e. The molecule has 0 radical (unpaired) electrons. The van der Waals surface area contributed by atoms with Crippen molar-refractivity contribution in [3.05, 3.63) is 23.2 Å². The molecule has 6 heteroatoms. The van der Waals surface area contributed by atoms with E-state index in [1.807, 2.05) is 4.90 Å². The molecule has 1 fully saturated rings. The van der Waals surface area contributed by atoms with Crippen molar-refractivity contribution in [3.63, 3.8) is 0 Å². The van der Waals surface area contributed by atoms with Crippen LogP contribution in [0.25, 0.3) is 0 Å². The number of hydrogen-bond donors (Lipinski definition) is 0. The second kappa shape index (κ2) is 3.21. The van der Waals surface area contributed by atoms with Gasteiger partial charge in [-0.1, -0.05) is 11.6 Å². The van der Waals surface area contributed by atoms with Gasteiger partial charge in [-0.3, -0.25) is 0 Å². The summed E-state index contributed by atoms with van der Waals surface area (Å²) >= 11 is 5.89. The van der Waals surface area contributed by atoms with Crippen LogP contribution in [0.2, 0.25) is 5.02 Å². The highest BCUT2D eigenvalue weighted by molar-refractivity contribution is 7.90. The van der Waals surface area contributed by atoms with Gasteiger partial charge in [-0.2, -0.15) is 8.42 Å². The number of nitrogens with zero attached hydrogens (tertiary/aromatic N) is 2. The molecule has 84 valence electrons. The molecule has 4 nitrogen and oxygen atoms in total. The smallest absolute Gasteiger partial charge is 0.285 e. The zero-order chi connectivity index (χ0) is 11.3. The molecule has 1 aliphatic heterocycles. The van der Waals surface area contributed by atoms with E-state index in [-0.39, 0.29) is 4.90 Å². The fourth-order valence-corrected chi connectivity index (χ4v) is 2.96. The minimum absolute atomic E-state index is 0.242. The van der Waals surface area contributed by atoms with Gasteiger partial charge in [-0.05, 0) is 31.0 Å². The first-order valence-electron chi connectivity index (χ1n) is 4.96. The summed E-state index contributed by atoms with van der Waals surface area (Å²) < 4.78 is 27.0. The third-order valence-corrected chi connectivity index (χ3v) is 4.24. The zero-order valence-corrected chi connectivity index (χ0v) is 9.87. The van der Waals surface area contributed by atoms with Crippen molar-refractivity contribution in [1.29, 1.82) is 0 Å². The molecular weight excluding hydrogens is 248 g/mol. The van der Waals surface area contributed by atoms with Crippen LogP contribution in [0.4, 0.5) is 5.69 Å². The van der Waals surface area contributed by atoms with Crippen LogP contribution in [0.5, 0.6) is 0 Å². The quantitative estimate of drug-likeness (QED) is 0.773. The first kappa shape index (κ1) is 10.1. The van der Waals surface area contributed by atoms with Gasteiger partial charge in [0.2, 0.25) is 0 Å². The van der Waals surface area contributed by atoms with E-state index >= 15 is 0 Å². The van der Waals surface area contributed by atoms with E-state index in [0.29, 0.717) is 16.8 Å². The standard InChI is InChI=1S/C10H9ClN2O2S/c11-7-1-4-10-9(5-7)13(8-2-3-8)6-12-16(10,14)15/h1,4-6,8H,2-3H2. The van der Waals surface area contributed by atoms with E-state index < -0.39 is 10.0 Å². The fraction of sp³-hybridized carbons (Fsp3) is 0.300. The fourth-order valence-electron chi connectivity index (χ4n) is 1.79. The first-order chi connectivity index (χ1) is 7.58. The number of sulfonamides is 1. The predicted octanol–water partition coefficient (Wildman–Crippen LogP) is 2.04. The van der Waals surface area contributed by atoms with Crippen LogP contribution in [-0.2, 0) is 10.0 Å². The highest BCUT2D eigenvalue weighted by atomic mass is 35.5. The highest BCUT2D eigenvalue weighted by Gasteiger charge is 2.34. The van der Waals surface area contributed by atoms with Crippen LogP contribution in [0.15, 0.2) is 27.5 Å². The van der Waals surface area contributed by atoms with Crippen molar-refractivity contribution >= 4 is 33.7 Å². The van der Waals surface area contributed by atoms with Crippen LogP contribution >= 0.6 is 11.6 Å². The van der Waals surface area contributed by atoms with Gasteiger partial charge in [0.1, 0.15) is 11.2 Å². The molecule has 0 bridgehead atoms. The number of rotatable bonds is 1. The van der Waals surface area contributed by atoms with Gasteiger partial charge in [-0.25, -0.2) is 0 Å². The van der Waals surface area contributed by atoms with E-state index in [2.05, 4.69) is 4.40 Å². The molecule has 0 atom stereocenters. The van der Waals surface area contributed by atoms with Gasteiger partial charge in [0, 0.05) is 11.1 Å². The molecule has 0 saturated heterocycles. The van der Waals surface area contributed by atoms with Crippen molar-refractivity contribution in [2.24, 2.45) is 4.40 Å². The molecule has 0 spiro atoms. The van der Waals surface area contributed by atoms with Gasteiger partial charge in [0.25, 0.3) is 10.0 Å². The summed E-state index contributed by atoms with van der Waals surface area (Å²) in [4.78, 5) is 2.13. The minimum atomic E-state index is -3.53. The molecule has 3 rings (SSSR count). The number of hydrogen-bond acceptors (Lipinski definition) is 3. The molecule has 0 N–H and O–H groups in total. The maximum atomic E-state index is 11.7. The lowest BCUT2D eigenvalue weighted by Crippen LogP contribution is -2.29. The van der Waals surface area contributed by atoms with Crippen molar-refractivity contribution in [2.45, 2.75) is 23.8 Å². The molecule has 2 aliphatic rings. The molecular formula is C10H9ClN2O2S. The number of anilines is 1. The van der Waals surface area contributed by atoms with Crippen LogP contribution in [0.3, 0.4) is 0 Å². The first-order valence-corrected chi connectivity index (χ1v) is 6.78. The lowest BCUT2D eigenvalue weighted by atomic mass is 10.3. The zero-order valence-electron chi connectivity index (χ0n) is 8.30. The van der Waals surface area contributed by atoms with Gasteiger partial charge in [0.15, 0.2) is 0 Å². The second-order valence-corrected chi connectivity index (χ2v) is 5.98. The lowest BCUT2D eigenvalue weighted by molar-refractivity contribution is 0.597. The summed E-state index contributed by atoms with van der Waals surface area (Å²) in [5.41, 5.74) is 0.644. The summed E-state index contributed by atoms with van der Waals surface area (Å²) in [7, 11) is -3.53. The van der Waals surface area contributed by atoms with Crippen LogP contribution in [-0.4, -0.2) is 20.8 Å². The van der Waals surface area contributed by atoms with E-state index in [9.17, 15) is 8.42 Å². The number of fused-ring (bicyclic) bond motifs is 1. The molecule has 1 aliphatic carbocycles. The third-order valence-electron chi connectivity index (χ3n) is 2.73. The lowest BCUT2D eigenvalue weighted by Gasteiger charge is -2.24. The average molecular weight is 257 g/mol. The Labute approximate surface area is 98.6 Å². The highest BCUT2D eigenvalue weighted by Crippen LogP contribution is 2.38. The number of benzene rings is 1. The third kappa shape index (κ3) is 1.51. The monoisotopic (exact) mass is 256 g/mol. The number of halogens is 1. The summed E-state index contributed by atoms with van der Waals surface area (Å²) in [6, 6.07) is 5.14. The Hall–Kier alpha value is -1.07. The Balaban J connectivity index is 2.22. The van der Waals surface area contributed by atoms with E-state index in [0.717, 1.165) is 12.8 Å². The molecule has 0 unspecified atom stereocenters. The molecule has 0 amide bonds. The Morgan fingerprint density at radius 2 is 2.12 bits per heavy atom. The summed E-state index contributed by atoms with van der Waals surface area (Å²) in [6.45, 7) is 0. The van der Waals surface area contributed by atoms with Crippen LogP contribution < -0.4 is 4.90 Å². The molecule has 1 aromatic carbocycles. The predicted molar refractivity (Wildman–Crippen MR) is 62.6 cm³/mol. The summed E-state index contributed by atoms with van der Waals surface area (Å²) in [6.07, 6.45) is 3.53. The Morgan fingerprint density at radius 1 is 1.38 bits per heavy atom.